The Balaban J connectivity index is 2.86. The minimum Gasteiger partial charge on any atom is -0.294 e. The normalized spacial score (nSPS) is 17.3. The second kappa shape index (κ2) is 2.40. The van der Waals surface area contributed by atoms with Crippen molar-refractivity contribution >= 4 is 12.1 Å². The molecule has 1 radical (unpaired) electrons. The molecule has 0 aromatic heterocycles. The first kappa shape index (κ1) is 5.95. The van der Waals surface area contributed by atoms with Gasteiger partial charge in [-0.2, -0.15) is 0 Å². The van der Waals surface area contributed by atoms with Crippen molar-refractivity contribution in [3.63, 3.8) is 0 Å². The molecule has 1 aliphatic rings. The number of ketones is 1. The summed E-state index contributed by atoms with van der Waals surface area (Å²) in [7, 11) is 0. The van der Waals surface area contributed by atoms with Gasteiger partial charge in [-0.3, -0.25) is 9.59 Å². The summed E-state index contributed by atoms with van der Waals surface area (Å²) in [5.41, 5.74) is 0.150. The van der Waals surface area contributed by atoms with Gasteiger partial charge < -0.3 is 0 Å². The summed E-state index contributed by atoms with van der Waals surface area (Å²) in [4.78, 5) is 20.6. The van der Waals surface area contributed by atoms with E-state index >= 15 is 0 Å². The standard InChI is InChI=1S/C7H5O2/c8-5-6-3-1-2-4-7(6)9/h1-3H,4H2. The lowest BCUT2D eigenvalue weighted by molar-refractivity contribution is -0.114. The van der Waals surface area contributed by atoms with Crippen molar-refractivity contribution in [2.45, 2.75) is 6.42 Å². The Hall–Kier alpha value is -1.18. The molecule has 0 heterocycles. The van der Waals surface area contributed by atoms with Gasteiger partial charge in [-0.05, 0) is 6.08 Å². The quantitative estimate of drug-likeness (QED) is 0.475. The highest BCUT2D eigenvalue weighted by Crippen LogP contribution is 2.03. The van der Waals surface area contributed by atoms with Crippen LogP contribution in [0.15, 0.2) is 23.8 Å². The topological polar surface area (TPSA) is 34.1 Å². The van der Waals surface area contributed by atoms with Crippen molar-refractivity contribution in [2.24, 2.45) is 0 Å². The number of hydrogen-bond donors (Lipinski definition) is 0. The zero-order chi connectivity index (χ0) is 6.69. The third kappa shape index (κ3) is 1.13. The van der Waals surface area contributed by atoms with Crippen LogP contribution in [0, 0.1) is 0 Å². The molecule has 9 heavy (non-hydrogen) atoms. The molecule has 0 atom stereocenters. The fourth-order valence-corrected chi connectivity index (χ4v) is 0.633. The predicted octanol–water partition coefficient (Wildman–Crippen LogP) is 0.551. The van der Waals surface area contributed by atoms with E-state index in [-0.39, 0.29) is 11.4 Å². The Bertz CT molecular complexity index is 199. The van der Waals surface area contributed by atoms with E-state index in [1.54, 1.807) is 18.4 Å². The summed E-state index contributed by atoms with van der Waals surface area (Å²) in [6.45, 7) is 0. The molecule has 2 heteroatoms. The van der Waals surface area contributed by atoms with Crippen LogP contribution in [0.1, 0.15) is 6.42 Å². The van der Waals surface area contributed by atoms with Crippen LogP contribution in [0.5, 0.6) is 0 Å². The highest BCUT2D eigenvalue weighted by Gasteiger charge is 2.08. The summed E-state index contributed by atoms with van der Waals surface area (Å²) in [5, 5.41) is 0. The molecule has 0 aromatic carbocycles. The molecule has 0 bridgehead atoms. The average Bonchev–Trinajstić information content (AvgIpc) is 1.89. The third-order valence-electron chi connectivity index (χ3n) is 1.11. The van der Waals surface area contributed by atoms with Crippen molar-refractivity contribution < 1.29 is 9.59 Å². The molecule has 0 N–H and O–H groups in total. The summed E-state index contributed by atoms with van der Waals surface area (Å²) in [6, 6.07) is 0. The number of hydrogen-bond acceptors (Lipinski definition) is 2. The van der Waals surface area contributed by atoms with Crippen LogP contribution in [0.25, 0.3) is 0 Å². The Morgan fingerprint density at radius 3 is 2.78 bits per heavy atom. The molecule has 0 aliphatic heterocycles. The zero-order valence-corrected chi connectivity index (χ0v) is 4.76. The van der Waals surface area contributed by atoms with Crippen molar-refractivity contribution in [1.82, 2.24) is 0 Å². The molecule has 0 spiro atoms. The summed E-state index contributed by atoms with van der Waals surface area (Å²) >= 11 is 0. The number of carbonyl (C=O) groups excluding carboxylic acids is 2. The van der Waals surface area contributed by atoms with Crippen LogP contribution in [-0.4, -0.2) is 12.1 Å². The number of rotatable bonds is 1. The van der Waals surface area contributed by atoms with Crippen molar-refractivity contribution in [1.29, 1.82) is 0 Å². The van der Waals surface area contributed by atoms with Gasteiger partial charge in [-0.15, -0.1) is 0 Å². The van der Waals surface area contributed by atoms with Gasteiger partial charge in [0.25, 0.3) is 0 Å². The Morgan fingerprint density at radius 2 is 2.33 bits per heavy atom. The van der Waals surface area contributed by atoms with Gasteiger partial charge in [0.15, 0.2) is 5.78 Å². The smallest absolute Gasteiger partial charge is 0.237 e. The van der Waals surface area contributed by atoms with Gasteiger partial charge in [0, 0.05) is 6.42 Å². The van der Waals surface area contributed by atoms with E-state index in [1.165, 1.54) is 6.08 Å². The maximum absolute atomic E-state index is 10.6. The average molecular weight is 121 g/mol. The van der Waals surface area contributed by atoms with Crippen molar-refractivity contribution in [3.8, 4) is 0 Å². The first-order chi connectivity index (χ1) is 4.34. The molecule has 0 aromatic rings. The lowest BCUT2D eigenvalue weighted by Crippen LogP contribution is -2.03. The fourth-order valence-electron chi connectivity index (χ4n) is 0.633. The van der Waals surface area contributed by atoms with E-state index in [9.17, 15) is 9.59 Å². The minimum atomic E-state index is -0.146. The Kier molecular flexibility index (Phi) is 1.58. The van der Waals surface area contributed by atoms with Crippen molar-refractivity contribution in [3.05, 3.63) is 23.8 Å². The second-order valence-electron chi connectivity index (χ2n) is 1.74. The van der Waals surface area contributed by atoms with Gasteiger partial charge in [0.05, 0.1) is 5.57 Å². The van der Waals surface area contributed by atoms with Crippen LogP contribution < -0.4 is 0 Å². The second-order valence-corrected chi connectivity index (χ2v) is 1.74. The molecule has 0 unspecified atom stereocenters. The van der Waals surface area contributed by atoms with Crippen LogP contribution in [-0.2, 0) is 9.59 Å². The Labute approximate surface area is 52.9 Å². The van der Waals surface area contributed by atoms with E-state index in [4.69, 9.17) is 0 Å². The van der Waals surface area contributed by atoms with E-state index in [2.05, 4.69) is 0 Å². The van der Waals surface area contributed by atoms with Gasteiger partial charge >= 0.3 is 0 Å². The molecule has 45 valence electrons. The molecule has 0 amide bonds. The number of allylic oxidation sites excluding steroid dienone is 4. The van der Waals surface area contributed by atoms with E-state index in [0.29, 0.717) is 6.42 Å². The largest absolute Gasteiger partial charge is 0.294 e. The number of carbonyl (C=O) groups is 1. The number of Topliss-reactive ketones (excluding diaryl/α,β-unsaturated/α-hetero) is 1. The van der Waals surface area contributed by atoms with Gasteiger partial charge in [0.2, 0.25) is 6.29 Å². The Morgan fingerprint density at radius 1 is 1.56 bits per heavy atom. The maximum atomic E-state index is 10.6. The highest BCUT2D eigenvalue weighted by atomic mass is 16.1. The highest BCUT2D eigenvalue weighted by molar-refractivity contribution is 6.13. The SMILES string of the molecule is O=[C]C1=CC=CCC1=O. The molecule has 0 saturated carbocycles. The lowest BCUT2D eigenvalue weighted by Gasteiger charge is -1.96. The molecule has 1 rings (SSSR count). The van der Waals surface area contributed by atoms with Gasteiger partial charge in [0.1, 0.15) is 0 Å². The van der Waals surface area contributed by atoms with E-state index in [1.807, 2.05) is 0 Å². The molecule has 1 aliphatic carbocycles. The molecule has 0 fully saturated rings. The van der Waals surface area contributed by atoms with Crippen LogP contribution in [0.2, 0.25) is 0 Å². The summed E-state index contributed by atoms with van der Waals surface area (Å²) < 4.78 is 0. The van der Waals surface area contributed by atoms with E-state index in [0.717, 1.165) is 0 Å². The fraction of sp³-hybridized carbons (Fsp3) is 0.143. The molecular weight excluding hydrogens is 116 g/mol. The maximum Gasteiger partial charge on any atom is 0.237 e. The van der Waals surface area contributed by atoms with Crippen LogP contribution in [0.3, 0.4) is 0 Å². The third-order valence-corrected chi connectivity index (χ3v) is 1.11. The summed E-state index contributed by atoms with van der Waals surface area (Å²) in [5.74, 6) is -0.146. The first-order valence-corrected chi connectivity index (χ1v) is 2.63. The van der Waals surface area contributed by atoms with Gasteiger partial charge in [-0.1, -0.05) is 12.2 Å². The van der Waals surface area contributed by atoms with E-state index < -0.39 is 0 Å². The summed E-state index contributed by atoms with van der Waals surface area (Å²) in [6.07, 6.45) is 6.76. The molecule has 2 nitrogen and oxygen atoms in total. The minimum absolute atomic E-state index is 0.146. The van der Waals surface area contributed by atoms with Crippen LogP contribution >= 0.6 is 0 Å². The monoisotopic (exact) mass is 121 g/mol. The van der Waals surface area contributed by atoms with Gasteiger partial charge in [-0.25, -0.2) is 0 Å². The molecular formula is C7H5O2. The first-order valence-electron chi connectivity index (χ1n) is 2.63. The van der Waals surface area contributed by atoms with Crippen molar-refractivity contribution in [2.75, 3.05) is 0 Å². The lowest BCUT2D eigenvalue weighted by atomic mass is 10.1. The zero-order valence-electron chi connectivity index (χ0n) is 4.76. The molecule has 0 saturated heterocycles. The van der Waals surface area contributed by atoms with Crippen LogP contribution in [0.4, 0.5) is 0 Å². The predicted molar refractivity (Wildman–Crippen MR) is 32.5 cm³/mol.